The summed E-state index contributed by atoms with van der Waals surface area (Å²) >= 11 is 3.40. The lowest BCUT2D eigenvalue weighted by molar-refractivity contribution is -0.142. The number of carboxylic acid groups (broad SMARTS) is 1. The number of hydrogen-bond acceptors (Lipinski definition) is 3. The predicted octanol–water partition coefficient (Wildman–Crippen LogP) is 2.59. The number of aromatic hydroxyl groups is 1. The van der Waals surface area contributed by atoms with Crippen molar-refractivity contribution in [3.8, 4) is 5.75 Å². The Morgan fingerprint density at radius 3 is 2.89 bits per heavy atom. The second-order valence-corrected chi connectivity index (χ2v) is 6.34. The minimum Gasteiger partial charge on any atom is -0.508 e. The number of benzene rings is 1. The van der Waals surface area contributed by atoms with Gasteiger partial charge in [0.1, 0.15) is 5.75 Å². The van der Waals surface area contributed by atoms with Crippen molar-refractivity contribution < 1.29 is 15.0 Å². The van der Waals surface area contributed by atoms with Gasteiger partial charge in [0.05, 0.1) is 5.92 Å². The zero-order chi connectivity index (χ0) is 13.6. The summed E-state index contributed by atoms with van der Waals surface area (Å²) in [4.78, 5) is 13.5. The first-order chi connectivity index (χ1) is 9.06. The van der Waals surface area contributed by atoms with E-state index >= 15 is 0 Å². The number of hydrogen-bond donors (Lipinski definition) is 2. The highest BCUT2D eigenvalue weighted by Gasteiger charge is 2.49. The summed E-state index contributed by atoms with van der Waals surface area (Å²) in [5.41, 5.74) is 0.859. The summed E-state index contributed by atoms with van der Waals surface area (Å²) in [6.45, 7) is 0.629. The fraction of sp³-hybridized carbons (Fsp3) is 0.500. The number of halogens is 1. The molecule has 102 valence electrons. The summed E-state index contributed by atoms with van der Waals surface area (Å²) in [5.74, 6) is -0.648. The number of fused-ring (bicyclic) bond motifs is 2. The van der Waals surface area contributed by atoms with Gasteiger partial charge in [-0.1, -0.05) is 15.9 Å². The summed E-state index contributed by atoms with van der Waals surface area (Å²) in [7, 11) is 0. The van der Waals surface area contributed by atoms with Crippen molar-refractivity contribution in [3.63, 3.8) is 0 Å². The number of carboxylic acids is 1. The van der Waals surface area contributed by atoms with Crippen LogP contribution in [0, 0.1) is 5.92 Å². The van der Waals surface area contributed by atoms with Gasteiger partial charge in [0.25, 0.3) is 0 Å². The molecule has 19 heavy (non-hydrogen) atoms. The van der Waals surface area contributed by atoms with E-state index in [1.165, 1.54) is 0 Å². The number of phenols is 1. The van der Waals surface area contributed by atoms with E-state index in [1.54, 1.807) is 12.1 Å². The van der Waals surface area contributed by atoms with Crippen molar-refractivity contribution in [3.05, 3.63) is 28.2 Å². The maximum absolute atomic E-state index is 11.2. The molecule has 2 heterocycles. The molecule has 3 unspecified atom stereocenters. The molecule has 3 atom stereocenters. The molecule has 0 amide bonds. The van der Waals surface area contributed by atoms with Crippen LogP contribution in [0.4, 0.5) is 0 Å². The quantitative estimate of drug-likeness (QED) is 0.896. The van der Waals surface area contributed by atoms with Gasteiger partial charge in [-0.3, -0.25) is 9.69 Å². The minimum atomic E-state index is -0.685. The number of rotatable bonds is 3. The van der Waals surface area contributed by atoms with Gasteiger partial charge < -0.3 is 10.2 Å². The van der Waals surface area contributed by atoms with Crippen LogP contribution in [0.25, 0.3) is 0 Å². The largest absolute Gasteiger partial charge is 0.508 e. The zero-order valence-electron chi connectivity index (χ0n) is 10.4. The van der Waals surface area contributed by atoms with Crippen LogP contribution < -0.4 is 0 Å². The second-order valence-electron chi connectivity index (χ2n) is 5.42. The Bertz CT molecular complexity index is 519. The Hall–Kier alpha value is -1.07. The highest BCUT2D eigenvalue weighted by atomic mass is 79.9. The first-order valence-corrected chi connectivity index (χ1v) is 7.31. The third-order valence-corrected chi connectivity index (χ3v) is 4.89. The molecule has 4 nitrogen and oxygen atoms in total. The third-order valence-electron chi connectivity index (χ3n) is 4.39. The Kier molecular flexibility index (Phi) is 3.27. The molecular formula is C14H16BrNO3. The van der Waals surface area contributed by atoms with E-state index in [4.69, 9.17) is 0 Å². The van der Waals surface area contributed by atoms with Crippen LogP contribution in [0.5, 0.6) is 5.75 Å². The monoisotopic (exact) mass is 325 g/mol. The minimum absolute atomic E-state index is 0.126. The summed E-state index contributed by atoms with van der Waals surface area (Å²) in [6, 6.07) is 5.86. The smallest absolute Gasteiger partial charge is 0.308 e. The average Bonchev–Trinajstić information content (AvgIpc) is 2.91. The fourth-order valence-corrected chi connectivity index (χ4v) is 3.90. The van der Waals surface area contributed by atoms with Gasteiger partial charge in [0.15, 0.2) is 0 Å². The van der Waals surface area contributed by atoms with Crippen LogP contribution in [0.1, 0.15) is 24.8 Å². The van der Waals surface area contributed by atoms with E-state index in [1.807, 2.05) is 6.07 Å². The van der Waals surface area contributed by atoms with E-state index in [9.17, 15) is 15.0 Å². The highest BCUT2D eigenvalue weighted by Crippen LogP contribution is 2.43. The van der Waals surface area contributed by atoms with Crippen LogP contribution in [-0.4, -0.2) is 33.2 Å². The van der Waals surface area contributed by atoms with E-state index in [0.29, 0.717) is 12.6 Å². The number of nitrogens with zero attached hydrogens (tertiary/aromatic N) is 1. The standard InChI is InChI=1S/C14H16BrNO3/c15-9-1-4-13(17)8(5-9)7-16-10-2-3-12(16)11(6-10)14(18)19/h1,4-5,10-12,17H,2-3,6-7H2,(H,18,19). The van der Waals surface area contributed by atoms with Crippen molar-refractivity contribution in [1.29, 1.82) is 0 Å². The molecular weight excluding hydrogens is 310 g/mol. The van der Waals surface area contributed by atoms with Gasteiger partial charge in [-0.05, 0) is 37.5 Å². The molecule has 2 fully saturated rings. The van der Waals surface area contributed by atoms with E-state index in [0.717, 1.165) is 29.3 Å². The second kappa shape index (κ2) is 4.80. The molecule has 2 bridgehead atoms. The lowest BCUT2D eigenvalue weighted by Gasteiger charge is -2.23. The van der Waals surface area contributed by atoms with Gasteiger partial charge >= 0.3 is 5.97 Å². The van der Waals surface area contributed by atoms with E-state index in [2.05, 4.69) is 20.8 Å². The Labute approximate surface area is 120 Å². The van der Waals surface area contributed by atoms with Crippen molar-refractivity contribution in [2.75, 3.05) is 0 Å². The lowest BCUT2D eigenvalue weighted by Crippen LogP contribution is -2.32. The van der Waals surface area contributed by atoms with Crippen molar-refractivity contribution in [2.24, 2.45) is 5.92 Å². The molecule has 0 radical (unpaired) electrons. The maximum Gasteiger partial charge on any atom is 0.308 e. The molecule has 2 aliphatic heterocycles. The van der Waals surface area contributed by atoms with Gasteiger partial charge in [0, 0.05) is 28.7 Å². The SMILES string of the molecule is O=C(O)C1CC2CCC1N2Cc1cc(Br)ccc1O. The van der Waals surface area contributed by atoms with Crippen LogP contribution in [-0.2, 0) is 11.3 Å². The molecule has 0 aromatic heterocycles. The Morgan fingerprint density at radius 2 is 2.21 bits per heavy atom. The maximum atomic E-state index is 11.2. The Balaban J connectivity index is 1.81. The molecule has 0 spiro atoms. The first-order valence-electron chi connectivity index (χ1n) is 6.52. The van der Waals surface area contributed by atoms with Gasteiger partial charge in [-0.25, -0.2) is 0 Å². The molecule has 0 aliphatic carbocycles. The Morgan fingerprint density at radius 1 is 1.42 bits per heavy atom. The van der Waals surface area contributed by atoms with Crippen LogP contribution in [0.2, 0.25) is 0 Å². The molecule has 0 saturated carbocycles. The molecule has 2 aliphatic rings. The molecule has 1 aromatic rings. The molecule has 1 aromatic carbocycles. The van der Waals surface area contributed by atoms with Crippen LogP contribution in [0.3, 0.4) is 0 Å². The molecule has 3 rings (SSSR count). The summed E-state index contributed by atoms with van der Waals surface area (Å²) < 4.78 is 0.932. The molecule has 2 N–H and O–H groups in total. The number of carbonyl (C=O) groups is 1. The normalized spacial score (nSPS) is 29.8. The van der Waals surface area contributed by atoms with Gasteiger partial charge in [-0.2, -0.15) is 0 Å². The predicted molar refractivity (Wildman–Crippen MR) is 73.9 cm³/mol. The first kappa shape index (κ1) is 12.9. The highest BCUT2D eigenvalue weighted by molar-refractivity contribution is 9.10. The van der Waals surface area contributed by atoms with Crippen LogP contribution >= 0.6 is 15.9 Å². The van der Waals surface area contributed by atoms with Crippen LogP contribution in [0.15, 0.2) is 22.7 Å². The number of phenolic OH excluding ortho intramolecular Hbond substituents is 1. The number of aliphatic carboxylic acids is 1. The zero-order valence-corrected chi connectivity index (χ0v) is 12.0. The molecule has 5 heteroatoms. The fourth-order valence-electron chi connectivity index (χ4n) is 3.49. The van der Waals surface area contributed by atoms with Crippen molar-refractivity contribution in [2.45, 2.75) is 37.9 Å². The van der Waals surface area contributed by atoms with Crippen molar-refractivity contribution in [1.82, 2.24) is 4.90 Å². The lowest BCUT2D eigenvalue weighted by atomic mass is 9.89. The summed E-state index contributed by atoms with van der Waals surface area (Å²) in [6.07, 6.45) is 2.77. The van der Waals surface area contributed by atoms with Gasteiger partial charge in [-0.15, -0.1) is 0 Å². The van der Waals surface area contributed by atoms with Crippen molar-refractivity contribution >= 4 is 21.9 Å². The third kappa shape index (κ3) is 2.25. The summed E-state index contributed by atoms with van der Waals surface area (Å²) in [5, 5.41) is 19.1. The molecule has 2 saturated heterocycles. The topological polar surface area (TPSA) is 60.8 Å². The average molecular weight is 326 g/mol. The van der Waals surface area contributed by atoms with Gasteiger partial charge in [0.2, 0.25) is 0 Å². The van der Waals surface area contributed by atoms with E-state index < -0.39 is 5.97 Å². The van der Waals surface area contributed by atoms with E-state index in [-0.39, 0.29) is 17.7 Å².